The minimum atomic E-state index is -0.969. The van der Waals surface area contributed by atoms with Crippen molar-refractivity contribution in [3.8, 4) is 11.5 Å². The maximum atomic E-state index is 12.7. The lowest BCUT2D eigenvalue weighted by molar-refractivity contribution is -0.132. The number of hydrogen-bond acceptors (Lipinski definition) is 5. The van der Waals surface area contributed by atoms with E-state index < -0.39 is 5.60 Å². The van der Waals surface area contributed by atoms with Crippen LogP contribution in [0.25, 0.3) is 0 Å². The Labute approximate surface area is 128 Å². The zero-order valence-electron chi connectivity index (χ0n) is 13.0. The molecule has 0 fully saturated rings. The smallest absolute Gasteiger partial charge is 0.271 e. The minimum Gasteiger partial charge on any atom is -0.508 e. The summed E-state index contributed by atoms with van der Waals surface area (Å²) in [6.45, 7) is 7.43. The average molecular weight is 302 g/mol. The van der Waals surface area contributed by atoms with Gasteiger partial charge in [-0.1, -0.05) is 5.16 Å². The van der Waals surface area contributed by atoms with Gasteiger partial charge in [-0.05, 0) is 39.8 Å². The fourth-order valence-electron chi connectivity index (χ4n) is 2.60. The van der Waals surface area contributed by atoms with Crippen molar-refractivity contribution in [2.75, 3.05) is 4.90 Å². The summed E-state index contributed by atoms with van der Waals surface area (Å²) >= 11 is 0. The molecule has 1 aliphatic heterocycles. The van der Waals surface area contributed by atoms with E-state index in [1.165, 1.54) is 6.07 Å². The molecule has 1 aromatic heterocycles. The molecule has 0 aliphatic carbocycles. The Kier molecular flexibility index (Phi) is 3.12. The Morgan fingerprint density at radius 1 is 1.32 bits per heavy atom. The van der Waals surface area contributed by atoms with Crippen LogP contribution in [0.3, 0.4) is 0 Å². The zero-order chi connectivity index (χ0) is 16.1. The molecule has 2 aromatic rings. The third kappa shape index (κ3) is 2.20. The molecule has 0 radical (unpaired) electrons. The van der Waals surface area contributed by atoms with E-state index in [-0.39, 0.29) is 11.7 Å². The number of aromatic nitrogens is 1. The number of ether oxygens (including phenoxy) is 1. The number of phenolic OH excluding ortho intramolecular Hbond substituents is 1. The highest BCUT2D eigenvalue weighted by Crippen LogP contribution is 2.40. The number of aromatic hydroxyl groups is 1. The molecule has 2 heterocycles. The van der Waals surface area contributed by atoms with Crippen molar-refractivity contribution >= 4 is 11.6 Å². The predicted molar refractivity (Wildman–Crippen MR) is 80.0 cm³/mol. The first-order valence-corrected chi connectivity index (χ1v) is 7.05. The van der Waals surface area contributed by atoms with E-state index in [1.54, 1.807) is 30.9 Å². The fraction of sp³-hybridized carbons (Fsp3) is 0.375. The largest absolute Gasteiger partial charge is 0.508 e. The van der Waals surface area contributed by atoms with E-state index in [1.807, 2.05) is 13.8 Å². The lowest BCUT2D eigenvalue weighted by atomic mass is 10.0. The highest BCUT2D eigenvalue weighted by molar-refractivity contribution is 6.02. The van der Waals surface area contributed by atoms with Crippen molar-refractivity contribution < 1.29 is 19.2 Å². The van der Waals surface area contributed by atoms with Gasteiger partial charge in [0.2, 0.25) is 0 Å². The lowest BCUT2D eigenvalue weighted by Crippen LogP contribution is -2.52. The number of carbonyl (C=O) groups excluding carboxylic acids is 1. The molecular weight excluding hydrogens is 284 g/mol. The Morgan fingerprint density at radius 2 is 2.05 bits per heavy atom. The van der Waals surface area contributed by atoms with Crippen LogP contribution in [0.1, 0.15) is 30.9 Å². The molecule has 1 N–H and O–H groups in total. The maximum Gasteiger partial charge on any atom is 0.271 e. The summed E-state index contributed by atoms with van der Waals surface area (Å²) in [4.78, 5) is 14.3. The number of carbonyl (C=O) groups is 1. The van der Waals surface area contributed by atoms with Crippen molar-refractivity contribution in [3.05, 3.63) is 35.2 Å². The second-order valence-corrected chi connectivity index (χ2v) is 5.96. The molecule has 3 rings (SSSR count). The number of benzene rings is 1. The van der Waals surface area contributed by atoms with Crippen LogP contribution in [0.15, 0.2) is 22.7 Å². The Morgan fingerprint density at radius 3 is 2.68 bits per heavy atom. The second-order valence-electron chi connectivity index (χ2n) is 5.96. The molecule has 6 heteroatoms. The summed E-state index contributed by atoms with van der Waals surface area (Å²) in [5.74, 6) is 1.15. The van der Waals surface area contributed by atoms with E-state index in [0.29, 0.717) is 23.7 Å². The number of aryl methyl sites for hydroxylation is 2. The van der Waals surface area contributed by atoms with Gasteiger partial charge in [-0.25, -0.2) is 0 Å². The Balaban J connectivity index is 2.09. The van der Waals surface area contributed by atoms with Crippen molar-refractivity contribution in [1.82, 2.24) is 5.16 Å². The summed E-state index contributed by atoms with van der Waals surface area (Å²) in [6, 6.07) is 4.73. The van der Waals surface area contributed by atoms with Crippen molar-refractivity contribution in [2.45, 2.75) is 39.8 Å². The molecule has 0 bridgehead atoms. The van der Waals surface area contributed by atoms with Crippen LogP contribution in [0.2, 0.25) is 0 Å². The highest BCUT2D eigenvalue weighted by Gasteiger charge is 2.41. The molecule has 0 saturated heterocycles. The van der Waals surface area contributed by atoms with Crippen molar-refractivity contribution in [1.29, 1.82) is 0 Å². The van der Waals surface area contributed by atoms with Gasteiger partial charge in [0.15, 0.2) is 5.60 Å². The number of fused-ring (bicyclic) bond motifs is 1. The van der Waals surface area contributed by atoms with Gasteiger partial charge in [-0.2, -0.15) is 0 Å². The monoisotopic (exact) mass is 302 g/mol. The molecule has 0 atom stereocenters. The summed E-state index contributed by atoms with van der Waals surface area (Å²) in [5.41, 5.74) is 1.18. The average Bonchev–Trinajstić information content (AvgIpc) is 2.76. The van der Waals surface area contributed by atoms with Gasteiger partial charge < -0.3 is 19.3 Å². The number of nitrogens with zero attached hydrogens (tertiary/aromatic N) is 2. The topological polar surface area (TPSA) is 75.8 Å². The standard InChI is InChI=1S/C16H18N2O4/c1-9-12(10(2)22-17-9)8-18-13-7-11(19)5-6-14(13)21-16(3,4)15(18)20/h5-7,19H,8H2,1-4H3. The lowest BCUT2D eigenvalue weighted by Gasteiger charge is -2.38. The van der Waals surface area contributed by atoms with Crippen molar-refractivity contribution in [3.63, 3.8) is 0 Å². The van der Waals surface area contributed by atoms with Gasteiger partial charge >= 0.3 is 0 Å². The van der Waals surface area contributed by atoms with E-state index in [0.717, 1.165) is 11.3 Å². The molecule has 1 aromatic carbocycles. The second kappa shape index (κ2) is 4.76. The van der Waals surface area contributed by atoms with E-state index in [4.69, 9.17) is 9.26 Å². The summed E-state index contributed by atoms with van der Waals surface area (Å²) in [6.07, 6.45) is 0. The number of hydrogen-bond donors (Lipinski definition) is 1. The van der Waals surface area contributed by atoms with E-state index in [2.05, 4.69) is 5.16 Å². The van der Waals surface area contributed by atoms with Crippen LogP contribution >= 0.6 is 0 Å². The molecule has 6 nitrogen and oxygen atoms in total. The quantitative estimate of drug-likeness (QED) is 0.923. The van der Waals surface area contributed by atoms with Gasteiger partial charge in [-0.15, -0.1) is 0 Å². The summed E-state index contributed by atoms with van der Waals surface area (Å²) in [7, 11) is 0. The van der Waals surface area contributed by atoms with Gasteiger partial charge in [0.1, 0.15) is 17.3 Å². The molecule has 22 heavy (non-hydrogen) atoms. The normalized spacial score (nSPS) is 16.4. The van der Waals surface area contributed by atoms with Gasteiger partial charge in [0, 0.05) is 11.6 Å². The van der Waals surface area contributed by atoms with Gasteiger partial charge in [-0.3, -0.25) is 4.79 Å². The molecule has 0 unspecified atom stereocenters. The Bertz CT molecular complexity index is 729. The van der Waals surface area contributed by atoms with Crippen molar-refractivity contribution in [2.24, 2.45) is 0 Å². The molecule has 0 spiro atoms. The fourth-order valence-corrected chi connectivity index (χ4v) is 2.60. The minimum absolute atomic E-state index is 0.0821. The molecule has 1 amide bonds. The van der Waals surface area contributed by atoms with Crippen LogP contribution in [-0.2, 0) is 11.3 Å². The number of anilines is 1. The van der Waals surface area contributed by atoms with Crippen LogP contribution < -0.4 is 9.64 Å². The maximum absolute atomic E-state index is 12.7. The molecule has 0 saturated carbocycles. The molecular formula is C16H18N2O4. The van der Waals surface area contributed by atoms with E-state index in [9.17, 15) is 9.90 Å². The first-order chi connectivity index (χ1) is 10.3. The highest BCUT2D eigenvalue weighted by atomic mass is 16.5. The first kappa shape index (κ1) is 14.4. The number of amides is 1. The van der Waals surface area contributed by atoms with Crippen LogP contribution in [0.5, 0.6) is 11.5 Å². The summed E-state index contributed by atoms with van der Waals surface area (Å²) < 4.78 is 10.9. The SMILES string of the molecule is Cc1noc(C)c1CN1C(=O)C(C)(C)Oc2ccc(O)cc21. The zero-order valence-corrected chi connectivity index (χ0v) is 13.0. The summed E-state index contributed by atoms with van der Waals surface area (Å²) in [5, 5.41) is 13.7. The van der Waals surface area contributed by atoms with Gasteiger partial charge in [0.25, 0.3) is 5.91 Å². The number of rotatable bonds is 2. The Hall–Kier alpha value is -2.50. The third-order valence-corrected chi connectivity index (χ3v) is 3.86. The first-order valence-electron chi connectivity index (χ1n) is 7.05. The molecule has 1 aliphatic rings. The van der Waals surface area contributed by atoms with Crippen LogP contribution in [-0.4, -0.2) is 21.8 Å². The predicted octanol–water partition coefficient (Wildman–Crippen LogP) is 2.70. The van der Waals surface area contributed by atoms with Crippen LogP contribution in [0, 0.1) is 13.8 Å². The number of phenols is 1. The van der Waals surface area contributed by atoms with Gasteiger partial charge in [0.05, 0.1) is 17.9 Å². The molecule has 116 valence electrons. The van der Waals surface area contributed by atoms with E-state index >= 15 is 0 Å². The van der Waals surface area contributed by atoms with Crippen LogP contribution in [0.4, 0.5) is 5.69 Å². The third-order valence-electron chi connectivity index (χ3n) is 3.86.